The minimum Gasteiger partial charge on any atom is -0.481 e. The van der Waals surface area contributed by atoms with Crippen LogP contribution in [0.1, 0.15) is 91.2 Å². The Balaban J connectivity index is 1.51. The van der Waals surface area contributed by atoms with Crippen LogP contribution in [-0.4, -0.2) is 27.5 Å². The van der Waals surface area contributed by atoms with Crippen molar-refractivity contribution in [3.05, 3.63) is 46.1 Å². The summed E-state index contributed by atoms with van der Waals surface area (Å²) in [5.41, 5.74) is 2.18. The minimum atomic E-state index is -0.729. The number of carbonyl (C=O) groups is 2. The molecule has 5 nitrogen and oxygen atoms in total. The van der Waals surface area contributed by atoms with E-state index >= 15 is 0 Å². The van der Waals surface area contributed by atoms with E-state index in [4.69, 9.17) is 11.6 Å². The number of nitrogens with zero attached hydrogens (tertiary/aromatic N) is 1. The summed E-state index contributed by atoms with van der Waals surface area (Å²) >= 11 is 6.82. The molecule has 4 fully saturated rings. The number of fused-ring (bicyclic) bond motifs is 1. The number of carboxylic acid groups (broad SMARTS) is 1. The quantitative estimate of drug-likeness (QED) is 0.464. The van der Waals surface area contributed by atoms with E-state index in [0.29, 0.717) is 19.3 Å². The molecule has 2 atom stereocenters. The van der Waals surface area contributed by atoms with Crippen LogP contribution in [0.25, 0.3) is 0 Å². The summed E-state index contributed by atoms with van der Waals surface area (Å²) in [5.74, 6) is -0.480. The van der Waals surface area contributed by atoms with E-state index in [-0.39, 0.29) is 28.3 Å². The van der Waals surface area contributed by atoms with Crippen LogP contribution >= 0.6 is 11.6 Å². The van der Waals surface area contributed by atoms with Crippen LogP contribution in [-0.2, 0) is 16.8 Å². The molecule has 0 radical (unpaired) electrons. The Morgan fingerprint density at radius 3 is 2.43 bits per heavy atom. The molecule has 4 aliphatic carbocycles. The topological polar surface area (TPSA) is 69.6 Å². The Morgan fingerprint density at radius 2 is 1.86 bits per heavy atom. The number of rotatable bonds is 5. The van der Waals surface area contributed by atoms with Gasteiger partial charge in [-0.05, 0) is 84.5 Å². The van der Waals surface area contributed by atoms with Gasteiger partial charge in [0, 0.05) is 11.2 Å². The third-order valence-corrected chi connectivity index (χ3v) is 10.1. The summed E-state index contributed by atoms with van der Waals surface area (Å²) in [6, 6.07) is 6.23. The molecule has 2 amide bonds. The highest BCUT2D eigenvalue weighted by Crippen LogP contribution is 2.71. The maximum atomic E-state index is 13.6. The first-order valence-electron chi connectivity index (χ1n) is 13.0. The van der Waals surface area contributed by atoms with Crippen molar-refractivity contribution in [2.45, 2.75) is 97.6 Å². The molecule has 1 aromatic carbocycles. The lowest BCUT2D eigenvalue weighted by molar-refractivity contribution is -0.215. The van der Waals surface area contributed by atoms with E-state index in [1.807, 2.05) is 4.90 Å². The molecule has 1 aliphatic heterocycles. The Bertz CT molecular complexity index is 1110. The summed E-state index contributed by atoms with van der Waals surface area (Å²) in [7, 11) is 0. The van der Waals surface area contributed by atoms with Gasteiger partial charge in [0.15, 0.2) is 0 Å². The third kappa shape index (κ3) is 3.63. The van der Waals surface area contributed by atoms with Gasteiger partial charge in [0.1, 0.15) is 0 Å². The molecule has 190 valence electrons. The Hall–Kier alpha value is -2.01. The molecule has 6 heteroatoms. The minimum absolute atomic E-state index is 0.0984. The first-order valence-corrected chi connectivity index (χ1v) is 13.4. The van der Waals surface area contributed by atoms with Crippen molar-refractivity contribution < 1.29 is 14.7 Å². The van der Waals surface area contributed by atoms with Crippen molar-refractivity contribution >= 4 is 23.6 Å². The number of carboxylic acids is 1. The average molecular weight is 499 g/mol. The molecular weight excluding hydrogens is 460 g/mol. The smallest absolute Gasteiger partial charge is 0.322 e. The number of aryl methyl sites for hydroxylation is 1. The van der Waals surface area contributed by atoms with Gasteiger partial charge in [-0.15, -0.1) is 0 Å². The number of benzene rings is 1. The second-order valence-electron chi connectivity index (χ2n) is 13.7. The van der Waals surface area contributed by atoms with Gasteiger partial charge in [-0.1, -0.05) is 65.3 Å². The number of carbonyl (C=O) groups excluding carboxylic acids is 1. The number of halogens is 1. The maximum Gasteiger partial charge on any atom is 0.322 e. The number of hydrogen-bond donors (Lipinski definition) is 2. The van der Waals surface area contributed by atoms with E-state index in [9.17, 15) is 14.7 Å². The maximum absolute atomic E-state index is 13.6. The van der Waals surface area contributed by atoms with Crippen LogP contribution in [0.2, 0.25) is 5.02 Å². The van der Waals surface area contributed by atoms with Gasteiger partial charge in [0.25, 0.3) is 0 Å². The van der Waals surface area contributed by atoms with Crippen molar-refractivity contribution in [1.29, 1.82) is 0 Å². The molecule has 1 aromatic rings. The van der Waals surface area contributed by atoms with Crippen molar-refractivity contribution in [2.75, 3.05) is 0 Å². The Morgan fingerprint density at radius 1 is 1.20 bits per heavy atom. The Labute approximate surface area is 214 Å². The molecule has 2 N–H and O–H groups in total. The normalized spacial score (nSPS) is 35.3. The van der Waals surface area contributed by atoms with Crippen LogP contribution in [0.3, 0.4) is 0 Å². The number of nitrogens with one attached hydrogen (secondary N) is 1. The lowest BCUT2D eigenvalue weighted by atomic mass is 9.38. The van der Waals surface area contributed by atoms with Gasteiger partial charge in [-0.2, -0.15) is 0 Å². The molecule has 1 unspecified atom stereocenters. The number of amides is 2. The summed E-state index contributed by atoms with van der Waals surface area (Å²) in [4.78, 5) is 27.1. The summed E-state index contributed by atoms with van der Waals surface area (Å²) in [6.45, 7) is 13.6. The molecule has 0 aromatic heterocycles. The molecule has 0 spiro atoms. The molecule has 35 heavy (non-hydrogen) atoms. The van der Waals surface area contributed by atoms with E-state index in [2.05, 4.69) is 71.3 Å². The first kappa shape index (κ1) is 24.7. The number of urea groups is 1. The monoisotopic (exact) mass is 498 g/mol. The third-order valence-electron chi connectivity index (χ3n) is 9.74. The van der Waals surface area contributed by atoms with Crippen LogP contribution in [0.4, 0.5) is 4.79 Å². The van der Waals surface area contributed by atoms with E-state index in [1.54, 1.807) is 0 Å². The number of hydrogen-bond acceptors (Lipinski definition) is 2. The van der Waals surface area contributed by atoms with E-state index in [1.165, 1.54) is 5.57 Å². The lowest BCUT2D eigenvalue weighted by Gasteiger charge is -2.71. The van der Waals surface area contributed by atoms with Gasteiger partial charge in [0.05, 0.1) is 16.5 Å². The predicted octanol–water partition coefficient (Wildman–Crippen LogP) is 6.89. The zero-order valence-corrected chi connectivity index (χ0v) is 22.7. The standard InChI is InChI=1S/C29H39ClN2O3/c1-18-21-14-32(28-15-27(16-28,17-28)23(33)34)24(35)31-29(21,12-11-26(18,5)6)20-8-7-19(22(30)13-20)9-10-25(2,3)4/h7-8,13-14,18H,9-12,15-17H2,1-6H3,(H,31,35)(H,33,34)/t18?,27?,28?,29-/m0/s1. The Kier molecular flexibility index (Phi) is 5.29. The van der Waals surface area contributed by atoms with Crippen molar-refractivity contribution in [2.24, 2.45) is 22.2 Å². The van der Waals surface area contributed by atoms with Gasteiger partial charge < -0.3 is 10.4 Å². The van der Waals surface area contributed by atoms with E-state index < -0.39 is 16.9 Å². The molecule has 1 heterocycles. The molecule has 2 bridgehead atoms. The molecule has 5 aliphatic rings. The van der Waals surface area contributed by atoms with Crippen LogP contribution < -0.4 is 5.32 Å². The van der Waals surface area contributed by atoms with Gasteiger partial charge in [-0.25, -0.2) is 4.79 Å². The fourth-order valence-electron chi connectivity index (χ4n) is 6.94. The van der Waals surface area contributed by atoms with Gasteiger partial charge >= 0.3 is 12.0 Å². The predicted molar refractivity (Wildman–Crippen MR) is 138 cm³/mol. The molecule has 4 saturated carbocycles. The van der Waals surface area contributed by atoms with Gasteiger partial charge in [-0.3, -0.25) is 9.69 Å². The summed E-state index contributed by atoms with van der Waals surface area (Å²) in [6.07, 6.45) is 7.51. The van der Waals surface area contributed by atoms with Crippen LogP contribution in [0, 0.1) is 22.2 Å². The highest BCUT2D eigenvalue weighted by molar-refractivity contribution is 6.31. The van der Waals surface area contributed by atoms with E-state index in [0.717, 1.165) is 41.8 Å². The van der Waals surface area contributed by atoms with Crippen molar-refractivity contribution in [3.63, 3.8) is 0 Å². The van der Waals surface area contributed by atoms with Gasteiger partial charge in [0.2, 0.25) is 0 Å². The fraction of sp³-hybridized carbons (Fsp3) is 0.655. The highest BCUT2D eigenvalue weighted by Gasteiger charge is 2.75. The van der Waals surface area contributed by atoms with Crippen molar-refractivity contribution in [1.82, 2.24) is 10.2 Å². The summed E-state index contributed by atoms with van der Waals surface area (Å²) in [5, 5.41) is 13.8. The SMILES string of the molecule is CC1C2=CN(C34CC(C(=O)O)(C3)C4)C(=O)N[C@]2(c2ccc(CCC(C)(C)C)c(Cl)c2)CCC1(C)C. The molecule has 0 saturated heterocycles. The molecular formula is C29H39ClN2O3. The largest absolute Gasteiger partial charge is 0.481 e. The zero-order valence-electron chi connectivity index (χ0n) is 21.9. The molecule has 6 rings (SSSR count). The van der Waals surface area contributed by atoms with Crippen molar-refractivity contribution in [3.8, 4) is 0 Å². The number of aliphatic carboxylic acids is 1. The lowest BCUT2D eigenvalue weighted by Crippen LogP contribution is -2.79. The second kappa shape index (κ2) is 7.50. The zero-order chi connectivity index (χ0) is 25.6. The van der Waals surface area contributed by atoms with Crippen LogP contribution in [0.15, 0.2) is 30.0 Å². The highest BCUT2D eigenvalue weighted by atomic mass is 35.5. The van der Waals surface area contributed by atoms with Crippen LogP contribution in [0.5, 0.6) is 0 Å². The fourth-order valence-corrected chi connectivity index (χ4v) is 7.21. The first-order chi connectivity index (χ1) is 16.1. The summed E-state index contributed by atoms with van der Waals surface area (Å²) < 4.78 is 0. The average Bonchev–Trinajstić information content (AvgIpc) is 2.68. The second-order valence-corrected chi connectivity index (χ2v) is 14.1.